The highest BCUT2D eigenvalue weighted by atomic mass is 16.5. The molecule has 74 heavy (non-hydrogen) atoms. The van der Waals surface area contributed by atoms with Crippen molar-refractivity contribution >= 4 is 11.9 Å². The van der Waals surface area contributed by atoms with Crippen LogP contribution in [0.4, 0.5) is 0 Å². The highest BCUT2D eigenvalue weighted by Crippen LogP contribution is 2.19. The molecule has 0 aromatic carbocycles. The fraction of sp³-hybridized carbons (Fsp3) is 0.971. The lowest BCUT2D eigenvalue weighted by Crippen LogP contribution is -2.45. The summed E-state index contributed by atoms with van der Waals surface area (Å²) in [6.45, 7) is 5.00. The zero-order valence-corrected chi connectivity index (χ0v) is 50.6. The Labute approximate surface area is 464 Å². The molecule has 0 radical (unpaired) electrons. The van der Waals surface area contributed by atoms with Crippen molar-refractivity contribution in [2.75, 3.05) is 13.2 Å². The lowest BCUT2D eigenvalue weighted by Gasteiger charge is -2.22. The van der Waals surface area contributed by atoms with Crippen LogP contribution in [0.25, 0.3) is 0 Å². The van der Waals surface area contributed by atoms with Crippen molar-refractivity contribution in [1.29, 1.82) is 0 Å². The van der Waals surface area contributed by atoms with Crippen LogP contribution in [-0.2, 0) is 14.3 Å². The first-order valence-electron chi connectivity index (χ1n) is 34.3. The molecule has 2 atom stereocenters. The summed E-state index contributed by atoms with van der Waals surface area (Å²) in [5, 5.41) is 23.3. The number of rotatable bonds is 65. The van der Waals surface area contributed by atoms with E-state index in [1.165, 1.54) is 327 Å². The zero-order valence-electron chi connectivity index (χ0n) is 50.6. The topological polar surface area (TPSA) is 95.9 Å². The number of carbonyl (C=O) groups is 2. The van der Waals surface area contributed by atoms with Gasteiger partial charge >= 0.3 is 5.97 Å². The molecule has 0 saturated carbocycles. The lowest BCUT2D eigenvalue weighted by atomic mass is 10.0. The predicted octanol–water partition coefficient (Wildman–Crippen LogP) is 21.8. The molecule has 2 unspecified atom stereocenters. The minimum absolute atomic E-state index is 0.0214. The van der Waals surface area contributed by atoms with Crippen LogP contribution >= 0.6 is 0 Å². The number of aliphatic hydroxyl groups excluding tert-OH is 2. The number of unbranched alkanes of at least 4 members (excludes halogenated alkanes) is 54. The van der Waals surface area contributed by atoms with Gasteiger partial charge in [-0.15, -0.1) is 0 Å². The number of hydrogen-bond acceptors (Lipinski definition) is 5. The van der Waals surface area contributed by atoms with Crippen LogP contribution in [-0.4, -0.2) is 47.4 Å². The third kappa shape index (κ3) is 60.1. The molecule has 0 saturated heterocycles. The minimum Gasteiger partial charge on any atom is -0.466 e. The van der Waals surface area contributed by atoms with Gasteiger partial charge < -0.3 is 20.3 Å². The van der Waals surface area contributed by atoms with Gasteiger partial charge in [0.05, 0.1) is 25.4 Å². The second-order valence-electron chi connectivity index (χ2n) is 23.9. The van der Waals surface area contributed by atoms with E-state index in [4.69, 9.17) is 4.74 Å². The molecule has 0 spiro atoms. The number of nitrogens with one attached hydrogen (secondary N) is 1. The Bertz CT molecular complexity index is 1070. The van der Waals surface area contributed by atoms with Gasteiger partial charge in [0.25, 0.3) is 0 Å². The van der Waals surface area contributed by atoms with Gasteiger partial charge in [-0.3, -0.25) is 9.59 Å². The number of amides is 1. The number of carbonyl (C=O) groups excluding carboxylic acids is 2. The van der Waals surface area contributed by atoms with E-state index in [-0.39, 0.29) is 18.5 Å². The van der Waals surface area contributed by atoms with Crippen LogP contribution in [0.2, 0.25) is 0 Å². The van der Waals surface area contributed by atoms with Crippen LogP contribution in [0.1, 0.15) is 399 Å². The van der Waals surface area contributed by atoms with Gasteiger partial charge in [0.2, 0.25) is 5.91 Å². The average molecular weight is 1050 g/mol. The molecule has 0 fully saturated rings. The molecule has 0 aliphatic heterocycles. The summed E-state index contributed by atoms with van der Waals surface area (Å²) in [7, 11) is 0. The Balaban J connectivity index is 3.33. The van der Waals surface area contributed by atoms with Gasteiger partial charge in [0.1, 0.15) is 0 Å². The highest BCUT2D eigenvalue weighted by Gasteiger charge is 2.20. The van der Waals surface area contributed by atoms with Crippen LogP contribution in [0.5, 0.6) is 0 Å². The van der Waals surface area contributed by atoms with E-state index < -0.39 is 12.1 Å². The maximum Gasteiger partial charge on any atom is 0.305 e. The largest absolute Gasteiger partial charge is 0.466 e. The normalized spacial score (nSPS) is 12.4. The Hall–Kier alpha value is -1.14. The summed E-state index contributed by atoms with van der Waals surface area (Å²) in [6, 6.07) is -0.538. The molecule has 3 N–H and O–H groups in total. The van der Waals surface area contributed by atoms with Crippen molar-refractivity contribution in [1.82, 2.24) is 5.32 Å². The molecule has 0 aromatic heterocycles. The van der Waals surface area contributed by atoms with E-state index >= 15 is 0 Å². The quantitative estimate of drug-likeness (QED) is 0.0417. The van der Waals surface area contributed by atoms with Crippen LogP contribution < -0.4 is 5.32 Å². The highest BCUT2D eigenvalue weighted by molar-refractivity contribution is 5.76. The maximum atomic E-state index is 12.5. The molecule has 0 heterocycles. The van der Waals surface area contributed by atoms with E-state index in [9.17, 15) is 19.8 Å². The number of hydrogen-bond donors (Lipinski definition) is 3. The minimum atomic E-state index is -0.661. The molecular weight excluding hydrogens is 911 g/mol. The van der Waals surface area contributed by atoms with Crippen LogP contribution in [0, 0.1) is 0 Å². The van der Waals surface area contributed by atoms with Crippen molar-refractivity contribution in [2.45, 2.75) is 411 Å². The fourth-order valence-corrected chi connectivity index (χ4v) is 11.2. The molecule has 0 rings (SSSR count). The Kier molecular flexibility index (Phi) is 63.4. The second-order valence-corrected chi connectivity index (χ2v) is 23.9. The van der Waals surface area contributed by atoms with E-state index in [2.05, 4.69) is 19.2 Å². The van der Waals surface area contributed by atoms with Crippen LogP contribution in [0.15, 0.2) is 0 Å². The van der Waals surface area contributed by atoms with E-state index in [1.807, 2.05) is 0 Å². The first-order chi connectivity index (χ1) is 36.5. The fourth-order valence-electron chi connectivity index (χ4n) is 11.2. The number of ether oxygens (including phenoxy) is 1. The molecule has 442 valence electrons. The van der Waals surface area contributed by atoms with Crippen molar-refractivity contribution in [2.24, 2.45) is 0 Å². The third-order valence-corrected chi connectivity index (χ3v) is 16.4. The molecule has 1 amide bonds. The molecule has 0 aliphatic carbocycles. The van der Waals surface area contributed by atoms with Gasteiger partial charge in [-0.1, -0.05) is 361 Å². The number of esters is 1. The summed E-state index contributed by atoms with van der Waals surface area (Å²) in [5.41, 5.74) is 0. The Morgan fingerprint density at radius 2 is 0.554 bits per heavy atom. The van der Waals surface area contributed by atoms with Crippen molar-refractivity contribution in [3.63, 3.8) is 0 Å². The SMILES string of the molecule is CCCCCCCCCCCCCCCCCCC(O)C(CO)NC(=O)CCCCCCCCCCCCCCCCCCCCCCCCCCCCOC(=O)CCCCCCCCCCCCCCCCC. The summed E-state index contributed by atoms with van der Waals surface area (Å²) in [4.78, 5) is 24.6. The molecule has 6 heteroatoms. The van der Waals surface area contributed by atoms with Crippen molar-refractivity contribution < 1.29 is 24.5 Å². The average Bonchev–Trinajstić information content (AvgIpc) is 3.40. The van der Waals surface area contributed by atoms with Crippen molar-refractivity contribution in [3.8, 4) is 0 Å². The third-order valence-electron chi connectivity index (χ3n) is 16.4. The van der Waals surface area contributed by atoms with Gasteiger partial charge in [-0.25, -0.2) is 0 Å². The predicted molar refractivity (Wildman–Crippen MR) is 324 cm³/mol. The van der Waals surface area contributed by atoms with E-state index in [1.54, 1.807) is 0 Å². The van der Waals surface area contributed by atoms with Gasteiger partial charge in [-0.05, 0) is 25.7 Å². The molecular formula is C68H135NO5. The molecule has 0 aliphatic rings. The van der Waals surface area contributed by atoms with E-state index in [0.29, 0.717) is 25.9 Å². The second kappa shape index (κ2) is 64.4. The molecule has 6 nitrogen and oxygen atoms in total. The smallest absolute Gasteiger partial charge is 0.305 e. The molecule has 0 bridgehead atoms. The van der Waals surface area contributed by atoms with Gasteiger partial charge in [0.15, 0.2) is 0 Å². The van der Waals surface area contributed by atoms with Gasteiger partial charge in [0, 0.05) is 12.8 Å². The first kappa shape index (κ1) is 72.9. The summed E-state index contributed by atoms with van der Waals surface area (Å²) in [6.07, 6.45) is 77.1. The maximum absolute atomic E-state index is 12.5. The Morgan fingerprint density at radius 3 is 0.824 bits per heavy atom. The van der Waals surface area contributed by atoms with Crippen LogP contribution in [0.3, 0.4) is 0 Å². The monoisotopic (exact) mass is 1050 g/mol. The lowest BCUT2D eigenvalue weighted by molar-refractivity contribution is -0.143. The first-order valence-corrected chi connectivity index (χ1v) is 34.3. The Morgan fingerprint density at radius 1 is 0.324 bits per heavy atom. The van der Waals surface area contributed by atoms with Gasteiger partial charge in [-0.2, -0.15) is 0 Å². The summed E-state index contributed by atoms with van der Waals surface area (Å²) < 4.78 is 5.50. The standard InChI is InChI=1S/C68H135NO5/c1-3-5-7-9-11-13-15-17-19-33-36-40-44-48-52-56-60-66(71)65(64-70)69-67(72)61-57-53-49-45-41-37-34-30-28-26-24-22-20-21-23-25-27-29-31-35-39-43-47-51-55-59-63-74-68(73)62-58-54-50-46-42-38-32-18-16-14-12-10-8-6-4-2/h65-66,70-71H,3-64H2,1-2H3,(H,69,72). The van der Waals surface area contributed by atoms with E-state index in [0.717, 1.165) is 38.5 Å². The van der Waals surface area contributed by atoms with Crippen molar-refractivity contribution in [3.05, 3.63) is 0 Å². The zero-order chi connectivity index (χ0) is 53.6. The summed E-state index contributed by atoms with van der Waals surface area (Å²) in [5.74, 6) is -0.00729. The number of aliphatic hydroxyl groups is 2. The molecule has 0 aromatic rings. The summed E-state index contributed by atoms with van der Waals surface area (Å²) >= 11 is 0.